The zero-order valence-electron chi connectivity index (χ0n) is 10.4. The molecule has 1 unspecified atom stereocenters. The first-order valence-electron chi connectivity index (χ1n) is 6.03. The molecule has 18 heavy (non-hydrogen) atoms. The van der Waals surface area contributed by atoms with Crippen molar-refractivity contribution in [2.45, 2.75) is 31.7 Å². The number of hydrogen-bond donors (Lipinski definition) is 3. The number of urea groups is 1. The average molecular weight is 257 g/mol. The number of nitrogens with one attached hydrogen (secondary N) is 2. The van der Waals surface area contributed by atoms with Crippen LogP contribution in [0.5, 0.6) is 0 Å². The van der Waals surface area contributed by atoms with Gasteiger partial charge in [-0.25, -0.2) is 4.79 Å². The second kappa shape index (κ2) is 6.95. The van der Waals surface area contributed by atoms with E-state index < -0.39 is 23.9 Å². The van der Waals surface area contributed by atoms with Crippen molar-refractivity contribution < 1.29 is 19.5 Å². The summed E-state index contributed by atoms with van der Waals surface area (Å²) in [7, 11) is 1.41. The Morgan fingerprint density at radius 2 is 2.00 bits per heavy atom. The molecule has 102 valence electrons. The lowest BCUT2D eigenvalue weighted by Gasteiger charge is -2.25. The van der Waals surface area contributed by atoms with Gasteiger partial charge in [-0.15, -0.1) is 0 Å². The Balaban J connectivity index is 2.57. The van der Waals surface area contributed by atoms with Crippen LogP contribution in [0.4, 0.5) is 4.79 Å². The van der Waals surface area contributed by atoms with Crippen LogP contribution in [-0.4, -0.2) is 54.1 Å². The highest BCUT2D eigenvalue weighted by atomic mass is 16.4. The molecule has 0 bridgehead atoms. The summed E-state index contributed by atoms with van der Waals surface area (Å²) >= 11 is 0. The number of rotatable bonds is 3. The molecule has 1 rings (SSSR count). The van der Waals surface area contributed by atoms with Crippen molar-refractivity contribution in [3.8, 4) is 0 Å². The summed E-state index contributed by atoms with van der Waals surface area (Å²) < 4.78 is 0. The predicted octanol–water partition coefficient (Wildman–Crippen LogP) is -0.229. The van der Waals surface area contributed by atoms with E-state index in [-0.39, 0.29) is 6.54 Å². The summed E-state index contributed by atoms with van der Waals surface area (Å²) in [6.07, 6.45) is 3.24. The van der Waals surface area contributed by atoms with Crippen LogP contribution in [0.15, 0.2) is 0 Å². The van der Waals surface area contributed by atoms with Crippen molar-refractivity contribution in [1.82, 2.24) is 15.5 Å². The molecule has 0 spiro atoms. The van der Waals surface area contributed by atoms with E-state index in [1.54, 1.807) is 4.90 Å². The molecule has 1 heterocycles. The second-order valence-corrected chi connectivity index (χ2v) is 4.30. The standard InChI is InChI=1S/C11H19N3O4/c1-12-11(18)13-9(15)7-14-6-4-2-3-5-8(14)10(16)17/h8H,2-7H2,1H3,(H,16,17)(H2,12,13,15,18). The lowest BCUT2D eigenvalue weighted by Crippen LogP contribution is -2.48. The summed E-state index contributed by atoms with van der Waals surface area (Å²) in [5.41, 5.74) is 0. The zero-order valence-corrected chi connectivity index (χ0v) is 10.4. The summed E-state index contributed by atoms with van der Waals surface area (Å²) in [4.78, 5) is 35.3. The Bertz CT molecular complexity index is 332. The fraction of sp³-hybridized carbons (Fsp3) is 0.727. The average Bonchev–Trinajstić information content (AvgIpc) is 2.54. The topological polar surface area (TPSA) is 98.7 Å². The highest BCUT2D eigenvalue weighted by Gasteiger charge is 2.28. The maximum Gasteiger partial charge on any atom is 0.321 e. The summed E-state index contributed by atoms with van der Waals surface area (Å²) in [5, 5.41) is 13.5. The number of carboxylic acids is 1. The molecule has 1 aliphatic rings. The van der Waals surface area contributed by atoms with Gasteiger partial charge in [0.25, 0.3) is 0 Å². The highest BCUT2D eigenvalue weighted by Crippen LogP contribution is 2.16. The molecule has 0 radical (unpaired) electrons. The van der Waals surface area contributed by atoms with Crippen LogP contribution >= 0.6 is 0 Å². The predicted molar refractivity (Wildman–Crippen MR) is 64.1 cm³/mol. The number of aliphatic carboxylic acids is 1. The third-order valence-corrected chi connectivity index (χ3v) is 2.98. The van der Waals surface area contributed by atoms with E-state index in [0.717, 1.165) is 19.3 Å². The van der Waals surface area contributed by atoms with E-state index in [1.807, 2.05) is 0 Å². The molecule has 0 aliphatic carbocycles. The zero-order chi connectivity index (χ0) is 13.5. The minimum absolute atomic E-state index is 0.0651. The van der Waals surface area contributed by atoms with Crippen molar-refractivity contribution in [1.29, 1.82) is 0 Å². The van der Waals surface area contributed by atoms with Gasteiger partial charge in [0, 0.05) is 7.05 Å². The van der Waals surface area contributed by atoms with E-state index in [2.05, 4.69) is 10.6 Å². The van der Waals surface area contributed by atoms with E-state index >= 15 is 0 Å². The van der Waals surface area contributed by atoms with Gasteiger partial charge in [-0.1, -0.05) is 12.8 Å². The quantitative estimate of drug-likeness (QED) is 0.648. The van der Waals surface area contributed by atoms with E-state index in [0.29, 0.717) is 13.0 Å². The van der Waals surface area contributed by atoms with Crippen LogP contribution in [0.25, 0.3) is 0 Å². The molecule has 7 nitrogen and oxygen atoms in total. The SMILES string of the molecule is CNC(=O)NC(=O)CN1CCCCCC1C(=O)O. The van der Waals surface area contributed by atoms with Gasteiger partial charge >= 0.3 is 12.0 Å². The molecule has 0 aromatic rings. The van der Waals surface area contributed by atoms with Gasteiger partial charge < -0.3 is 10.4 Å². The highest BCUT2D eigenvalue weighted by molar-refractivity contribution is 5.95. The Labute approximate surface area is 106 Å². The van der Waals surface area contributed by atoms with Gasteiger partial charge in [0.15, 0.2) is 0 Å². The number of carbonyl (C=O) groups is 3. The third-order valence-electron chi connectivity index (χ3n) is 2.98. The fourth-order valence-electron chi connectivity index (χ4n) is 2.05. The lowest BCUT2D eigenvalue weighted by atomic mass is 10.1. The minimum Gasteiger partial charge on any atom is -0.480 e. The molecular formula is C11H19N3O4. The normalized spacial score (nSPS) is 20.8. The van der Waals surface area contributed by atoms with Crippen molar-refractivity contribution in [2.24, 2.45) is 0 Å². The van der Waals surface area contributed by atoms with E-state index in [4.69, 9.17) is 5.11 Å². The van der Waals surface area contributed by atoms with Gasteiger partial charge in [-0.3, -0.25) is 19.8 Å². The number of nitrogens with zero attached hydrogens (tertiary/aromatic N) is 1. The summed E-state index contributed by atoms with van der Waals surface area (Å²) in [6, 6.07) is -1.22. The van der Waals surface area contributed by atoms with Gasteiger partial charge in [0.1, 0.15) is 6.04 Å². The molecule has 1 saturated heterocycles. The number of imide groups is 1. The second-order valence-electron chi connectivity index (χ2n) is 4.30. The van der Waals surface area contributed by atoms with Crippen LogP contribution in [0.1, 0.15) is 25.7 Å². The maximum atomic E-state index is 11.6. The largest absolute Gasteiger partial charge is 0.480 e. The van der Waals surface area contributed by atoms with Crippen molar-refractivity contribution >= 4 is 17.9 Å². The van der Waals surface area contributed by atoms with E-state index in [9.17, 15) is 14.4 Å². The molecule has 1 atom stereocenters. The number of hydrogen-bond acceptors (Lipinski definition) is 4. The molecule has 1 fully saturated rings. The van der Waals surface area contributed by atoms with Crippen LogP contribution in [0.3, 0.4) is 0 Å². The molecular weight excluding hydrogens is 238 g/mol. The number of carbonyl (C=O) groups excluding carboxylic acids is 2. The smallest absolute Gasteiger partial charge is 0.321 e. The molecule has 0 saturated carbocycles. The Morgan fingerprint density at radius 3 is 2.61 bits per heavy atom. The maximum absolute atomic E-state index is 11.6. The summed E-state index contributed by atoms with van der Waals surface area (Å²) in [6.45, 7) is 0.502. The van der Waals surface area contributed by atoms with Crippen molar-refractivity contribution in [3.63, 3.8) is 0 Å². The van der Waals surface area contributed by atoms with Gasteiger partial charge in [0.05, 0.1) is 6.54 Å². The molecule has 3 N–H and O–H groups in total. The Morgan fingerprint density at radius 1 is 1.28 bits per heavy atom. The minimum atomic E-state index is -0.912. The molecule has 7 heteroatoms. The van der Waals surface area contributed by atoms with Gasteiger partial charge in [-0.2, -0.15) is 0 Å². The summed E-state index contributed by atoms with van der Waals surface area (Å²) in [5.74, 6) is -1.40. The molecule has 0 aromatic heterocycles. The van der Waals surface area contributed by atoms with Crippen LogP contribution < -0.4 is 10.6 Å². The number of amides is 3. The monoisotopic (exact) mass is 257 g/mol. The fourth-order valence-corrected chi connectivity index (χ4v) is 2.05. The number of likely N-dealkylation sites (tertiary alicyclic amines) is 1. The number of carboxylic acid groups (broad SMARTS) is 1. The van der Waals surface area contributed by atoms with Gasteiger partial charge in [0.2, 0.25) is 5.91 Å². The Kier molecular flexibility index (Phi) is 5.57. The van der Waals surface area contributed by atoms with Crippen molar-refractivity contribution in [3.05, 3.63) is 0 Å². The first-order chi connectivity index (χ1) is 8.54. The molecule has 3 amide bonds. The van der Waals surface area contributed by atoms with E-state index in [1.165, 1.54) is 7.05 Å². The van der Waals surface area contributed by atoms with Crippen LogP contribution in [0, 0.1) is 0 Å². The third kappa shape index (κ3) is 4.33. The van der Waals surface area contributed by atoms with Gasteiger partial charge in [-0.05, 0) is 19.4 Å². The van der Waals surface area contributed by atoms with Crippen molar-refractivity contribution in [2.75, 3.05) is 20.1 Å². The van der Waals surface area contributed by atoms with Crippen LogP contribution in [-0.2, 0) is 9.59 Å². The van der Waals surface area contributed by atoms with Crippen LogP contribution in [0.2, 0.25) is 0 Å². The lowest BCUT2D eigenvalue weighted by molar-refractivity contribution is -0.143. The first-order valence-corrected chi connectivity index (χ1v) is 6.03. The molecule has 1 aliphatic heterocycles. The molecule has 0 aromatic carbocycles. The first kappa shape index (κ1) is 14.4. The Hall–Kier alpha value is -1.63.